The van der Waals surface area contributed by atoms with Gasteiger partial charge in [0.2, 0.25) is 11.8 Å². The normalized spacial score (nSPS) is 12.6. The summed E-state index contributed by atoms with van der Waals surface area (Å²) in [5.41, 5.74) is 14.1. The fourth-order valence-corrected chi connectivity index (χ4v) is 4.76. The number of hydrogen-bond acceptors (Lipinski definition) is 7. The first-order valence-electron chi connectivity index (χ1n) is 14.0. The van der Waals surface area contributed by atoms with Crippen LogP contribution in [-0.4, -0.2) is 48.2 Å². The van der Waals surface area contributed by atoms with E-state index in [9.17, 15) is 24.0 Å². The predicted octanol–water partition coefficient (Wildman–Crippen LogP) is 3.51. The first kappa shape index (κ1) is 31.5. The highest BCUT2D eigenvalue weighted by Crippen LogP contribution is 2.44. The molecule has 6 N–H and O–H groups in total. The van der Waals surface area contributed by atoms with Crippen LogP contribution in [0.1, 0.15) is 49.8 Å². The molecule has 230 valence electrons. The molecule has 0 saturated carbocycles. The monoisotopic (exact) mass is 601 g/mol. The molecule has 1 aliphatic rings. The summed E-state index contributed by atoms with van der Waals surface area (Å²) in [7, 11) is 0. The molecule has 12 nitrogen and oxygen atoms in total. The van der Waals surface area contributed by atoms with Crippen LogP contribution in [0.5, 0.6) is 0 Å². The van der Waals surface area contributed by atoms with Crippen LogP contribution in [0.3, 0.4) is 0 Å². The number of hydrazine groups is 1. The summed E-state index contributed by atoms with van der Waals surface area (Å²) >= 11 is 0. The first-order valence-corrected chi connectivity index (χ1v) is 14.0. The van der Waals surface area contributed by atoms with Crippen molar-refractivity contribution in [2.24, 2.45) is 5.73 Å². The van der Waals surface area contributed by atoms with E-state index < -0.39 is 48.0 Å². The summed E-state index contributed by atoms with van der Waals surface area (Å²) in [6.07, 6.45) is -3.48. The Morgan fingerprint density at radius 1 is 0.818 bits per heavy atom. The van der Waals surface area contributed by atoms with Crippen molar-refractivity contribution in [1.29, 1.82) is 0 Å². The lowest BCUT2D eigenvalue weighted by molar-refractivity contribution is -0.135. The smallest absolute Gasteiger partial charge is 0.411 e. The van der Waals surface area contributed by atoms with Crippen molar-refractivity contribution in [3.63, 3.8) is 0 Å². The minimum Gasteiger partial charge on any atom is -0.448 e. The minimum absolute atomic E-state index is 0.0552. The zero-order chi connectivity index (χ0) is 31.9. The van der Waals surface area contributed by atoms with Crippen LogP contribution in [0.4, 0.5) is 15.3 Å². The van der Waals surface area contributed by atoms with Crippen molar-refractivity contribution < 1.29 is 33.4 Å². The van der Waals surface area contributed by atoms with Gasteiger partial charge in [-0.2, -0.15) is 0 Å². The maximum atomic E-state index is 12.8. The average molecular weight is 602 g/mol. The van der Waals surface area contributed by atoms with E-state index in [2.05, 4.69) is 33.6 Å². The fourth-order valence-electron chi connectivity index (χ4n) is 4.76. The number of carbonyl (C=O) groups is 5. The SMILES string of the molecule is CC(C)(C)NC(=O)O[C@@H](Cc1ccc(NC(=O)OCC2c3ccccc3-c3ccccc32)cc1)C(=O)NNC(=O)CC(N)=O. The molecule has 0 aromatic heterocycles. The predicted molar refractivity (Wildman–Crippen MR) is 162 cm³/mol. The number of nitrogens with two attached hydrogens (primary N) is 1. The highest BCUT2D eigenvalue weighted by molar-refractivity contribution is 5.97. The molecule has 0 fully saturated rings. The third kappa shape index (κ3) is 8.57. The highest BCUT2D eigenvalue weighted by atomic mass is 16.6. The van der Waals surface area contributed by atoms with Gasteiger partial charge in [-0.1, -0.05) is 60.7 Å². The molecular formula is C32H35N5O7. The number of rotatable bonds is 9. The number of ether oxygens (including phenoxy) is 2. The summed E-state index contributed by atoms with van der Waals surface area (Å²) in [5.74, 6) is -2.60. The molecule has 3 aromatic carbocycles. The van der Waals surface area contributed by atoms with Gasteiger partial charge in [-0.3, -0.25) is 30.6 Å². The number of anilines is 1. The Labute approximate surface area is 254 Å². The number of fused-ring (bicyclic) bond motifs is 3. The lowest BCUT2D eigenvalue weighted by Crippen LogP contribution is -2.50. The molecule has 1 atom stereocenters. The summed E-state index contributed by atoms with van der Waals surface area (Å²) in [5, 5.41) is 5.31. The highest BCUT2D eigenvalue weighted by Gasteiger charge is 2.29. The molecule has 12 heteroatoms. The molecule has 0 spiro atoms. The van der Waals surface area contributed by atoms with Crippen LogP contribution >= 0.6 is 0 Å². The third-order valence-corrected chi connectivity index (χ3v) is 6.64. The summed E-state index contributed by atoms with van der Waals surface area (Å²) in [6, 6.07) is 22.7. The Hall–Kier alpha value is -5.39. The minimum atomic E-state index is -1.34. The standard InChI is InChI=1S/C32H35N5O7/c1-32(2,3)35-31(42)44-26(29(40)37-36-28(39)17-27(33)38)16-19-12-14-20(15-13-19)34-30(41)43-18-25-23-10-6-4-8-21(23)22-9-5-7-11-24(22)25/h4-15,25-26H,16-18H2,1-3H3,(H2,33,38)(H,34,41)(H,35,42)(H,36,39)(H,37,40)/t26-/m0/s1. The molecular weight excluding hydrogens is 566 g/mol. The van der Waals surface area contributed by atoms with Crippen LogP contribution in [0, 0.1) is 0 Å². The van der Waals surface area contributed by atoms with E-state index in [1.165, 1.54) is 0 Å². The zero-order valence-electron chi connectivity index (χ0n) is 24.6. The van der Waals surface area contributed by atoms with Crippen molar-refractivity contribution in [1.82, 2.24) is 16.2 Å². The van der Waals surface area contributed by atoms with E-state index in [1.54, 1.807) is 45.0 Å². The van der Waals surface area contributed by atoms with Gasteiger partial charge in [0.25, 0.3) is 5.91 Å². The van der Waals surface area contributed by atoms with Crippen molar-refractivity contribution in [3.05, 3.63) is 89.5 Å². The lowest BCUT2D eigenvalue weighted by Gasteiger charge is -2.23. The maximum Gasteiger partial charge on any atom is 0.411 e. The number of alkyl carbamates (subject to hydrolysis) is 1. The molecule has 5 amide bonds. The average Bonchev–Trinajstić information content (AvgIpc) is 3.27. The molecule has 1 aliphatic carbocycles. The van der Waals surface area contributed by atoms with E-state index in [1.807, 2.05) is 36.4 Å². The maximum absolute atomic E-state index is 12.8. The topological polar surface area (TPSA) is 178 Å². The second-order valence-corrected chi connectivity index (χ2v) is 11.3. The van der Waals surface area contributed by atoms with Crippen LogP contribution in [0.2, 0.25) is 0 Å². The van der Waals surface area contributed by atoms with Crippen molar-refractivity contribution in [2.45, 2.75) is 51.2 Å². The van der Waals surface area contributed by atoms with Gasteiger partial charge in [0.05, 0.1) is 0 Å². The first-order chi connectivity index (χ1) is 20.9. The second-order valence-electron chi connectivity index (χ2n) is 11.3. The van der Waals surface area contributed by atoms with Crippen LogP contribution in [-0.2, 0) is 30.3 Å². The molecule has 0 heterocycles. The second kappa shape index (κ2) is 13.7. The van der Waals surface area contributed by atoms with Gasteiger partial charge in [-0.25, -0.2) is 9.59 Å². The molecule has 0 saturated heterocycles. The molecule has 0 unspecified atom stereocenters. The van der Waals surface area contributed by atoms with E-state index in [0.29, 0.717) is 11.3 Å². The Bertz CT molecular complexity index is 1500. The summed E-state index contributed by atoms with van der Waals surface area (Å²) in [4.78, 5) is 60.5. The van der Waals surface area contributed by atoms with Gasteiger partial charge < -0.3 is 20.5 Å². The van der Waals surface area contributed by atoms with Crippen LogP contribution < -0.4 is 27.2 Å². The Balaban J connectivity index is 1.35. The van der Waals surface area contributed by atoms with Crippen LogP contribution in [0.25, 0.3) is 11.1 Å². The lowest BCUT2D eigenvalue weighted by atomic mass is 9.98. The molecule has 3 aromatic rings. The molecule has 0 radical (unpaired) electrons. The molecule has 44 heavy (non-hydrogen) atoms. The van der Waals surface area contributed by atoms with Crippen molar-refractivity contribution in [3.8, 4) is 11.1 Å². The largest absolute Gasteiger partial charge is 0.448 e. The number of amides is 5. The molecule has 0 bridgehead atoms. The molecule has 4 rings (SSSR count). The van der Waals surface area contributed by atoms with E-state index >= 15 is 0 Å². The fraction of sp³-hybridized carbons (Fsp3) is 0.281. The number of benzene rings is 3. The Morgan fingerprint density at radius 2 is 1.41 bits per heavy atom. The van der Waals surface area contributed by atoms with Gasteiger partial charge in [-0.15, -0.1) is 0 Å². The van der Waals surface area contributed by atoms with Gasteiger partial charge >= 0.3 is 12.2 Å². The third-order valence-electron chi connectivity index (χ3n) is 6.64. The quantitative estimate of drug-likeness (QED) is 0.184. The number of nitrogens with one attached hydrogen (secondary N) is 4. The van der Waals surface area contributed by atoms with Crippen molar-refractivity contribution >= 4 is 35.6 Å². The van der Waals surface area contributed by atoms with Gasteiger partial charge in [0.1, 0.15) is 13.0 Å². The Morgan fingerprint density at radius 3 is 1.98 bits per heavy atom. The number of primary amides is 1. The summed E-state index contributed by atoms with van der Waals surface area (Å²) in [6.45, 7) is 5.40. The van der Waals surface area contributed by atoms with Gasteiger partial charge in [0, 0.05) is 23.6 Å². The molecule has 0 aliphatic heterocycles. The number of hydrogen-bond donors (Lipinski definition) is 5. The van der Waals surface area contributed by atoms with E-state index in [0.717, 1.165) is 22.3 Å². The van der Waals surface area contributed by atoms with Gasteiger partial charge in [0.15, 0.2) is 6.10 Å². The van der Waals surface area contributed by atoms with Crippen molar-refractivity contribution in [2.75, 3.05) is 11.9 Å². The van der Waals surface area contributed by atoms with E-state index in [4.69, 9.17) is 15.2 Å². The van der Waals surface area contributed by atoms with Crippen LogP contribution in [0.15, 0.2) is 72.8 Å². The van der Waals surface area contributed by atoms with E-state index in [-0.39, 0.29) is 18.9 Å². The Kier molecular flexibility index (Phi) is 9.84. The van der Waals surface area contributed by atoms with Gasteiger partial charge in [-0.05, 0) is 60.7 Å². The zero-order valence-corrected chi connectivity index (χ0v) is 24.6. The summed E-state index contributed by atoms with van der Waals surface area (Å²) < 4.78 is 10.9. The number of carbonyl (C=O) groups excluding carboxylic acids is 5.